The molecule has 0 aliphatic heterocycles. The summed E-state index contributed by atoms with van der Waals surface area (Å²) >= 11 is 0. The van der Waals surface area contributed by atoms with E-state index >= 15 is 0 Å². The van der Waals surface area contributed by atoms with Crippen molar-refractivity contribution in [3.8, 4) is 5.75 Å². The largest absolute Gasteiger partial charge is 0.508 e. The van der Waals surface area contributed by atoms with E-state index in [4.69, 9.17) is 0 Å². The van der Waals surface area contributed by atoms with Gasteiger partial charge in [-0.1, -0.05) is 0 Å². The van der Waals surface area contributed by atoms with E-state index in [1.54, 1.807) is 6.07 Å². The van der Waals surface area contributed by atoms with Crippen LogP contribution in [0.5, 0.6) is 5.75 Å². The van der Waals surface area contributed by atoms with Crippen LogP contribution in [0.3, 0.4) is 0 Å². The molecular formula is C17H23NO. The second-order valence-corrected chi connectivity index (χ2v) is 7.10. The van der Waals surface area contributed by atoms with Crippen LogP contribution in [0.25, 0.3) is 0 Å². The van der Waals surface area contributed by atoms with E-state index in [0.717, 1.165) is 29.2 Å². The number of rotatable bonds is 2. The molecule has 4 aliphatic carbocycles. The van der Waals surface area contributed by atoms with Crippen LogP contribution in [-0.2, 0) is 0 Å². The zero-order chi connectivity index (χ0) is 13.0. The molecule has 0 heterocycles. The average Bonchev–Trinajstić information content (AvgIpc) is 2.35. The Morgan fingerprint density at radius 3 is 2.21 bits per heavy atom. The molecule has 19 heavy (non-hydrogen) atoms. The van der Waals surface area contributed by atoms with E-state index < -0.39 is 0 Å². The maximum atomic E-state index is 9.52. The fourth-order valence-corrected chi connectivity index (χ4v) is 5.15. The van der Waals surface area contributed by atoms with E-state index in [1.165, 1.54) is 37.8 Å². The first-order valence-corrected chi connectivity index (χ1v) is 7.75. The van der Waals surface area contributed by atoms with Crippen molar-refractivity contribution in [1.29, 1.82) is 0 Å². The Labute approximate surface area is 115 Å². The average molecular weight is 257 g/mol. The van der Waals surface area contributed by atoms with Crippen molar-refractivity contribution in [2.75, 3.05) is 5.32 Å². The Kier molecular flexibility index (Phi) is 2.54. The summed E-state index contributed by atoms with van der Waals surface area (Å²) in [7, 11) is 0. The molecule has 0 spiro atoms. The normalized spacial score (nSPS) is 39.5. The summed E-state index contributed by atoms with van der Waals surface area (Å²) < 4.78 is 0. The van der Waals surface area contributed by atoms with Crippen LogP contribution < -0.4 is 5.32 Å². The van der Waals surface area contributed by atoms with E-state index in [9.17, 15) is 5.11 Å². The molecule has 0 radical (unpaired) electrons. The molecule has 4 bridgehead atoms. The molecule has 2 heteroatoms. The lowest BCUT2D eigenvalue weighted by Crippen LogP contribution is -2.51. The maximum Gasteiger partial charge on any atom is 0.115 e. The Bertz CT molecular complexity index is 468. The molecule has 0 saturated heterocycles. The lowest BCUT2D eigenvalue weighted by atomic mass is 9.54. The van der Waals surface area contributed by atoms with Gasteiger partial charge in [-0.2, -0.15) is 0 Å². The van der Waals surface area contributed by atoms with Crippen LogP contribution in [0.15, 0.2) is 18.2 Å². The molecule has 4 aliphatic rings. The van der Waals surface area contributed by atoms with Gasteiger partial charge in [0.15, 0.2) is 0 Å². The SMILES string of the molecule is Cc1cc(O)ccc1NC1C2CC3CC(C2)CC1C3. The minimum atomic E-state index is 0.369. The number of aromatic hydroxyl groups is 1. The molecule has 5 rings (SSSR count). The molecule has 0 atom stereocenters. The third-order valence-electron chi connectivity index (χ3n) is 5.76. The minimum absolute atomic E-state index is 0.369. The number of benzene rings is 1. The van der Waals surface area contributed by atoms with Gasteiger partial charge < -0.3 is 10.4 Å². The van der Waals surface area contributed by atoms with Crippen LogP contribution in [-0.4, -0.2) is 11.1 Å². The van der Waals surface area contributed by atoms with Gasteiger partial charge in [0, 0.05) is 11.7 Å². The summed E-state index contributed by atoms with van der Waals surface area (Å²) in [4.78, 5) is 0. The van der Waals surface area contributed by atoms with Crippen LogP contribution >= 0.6 is 0 Å². The van der Waals surface area contributed by atoms with Gasteiger partial charge in [0.1, 0.15) is 5.75 Å². The highest BCUT2D eigenvalue weighted by atomic mass is 16.3. The van der Waals surface area contributed by atoms with Crippen molar-refractivity contribution in [2.24, 2.45) is 23.7 Å². The molecule has 4 saturated carbocycles. The molecule has 1 aromatic carbocycles. The topological polar surface area (TPSA) is 32.3 Å². The maximum absolute atomic E-state index is 9.52. The third-order valence-corrected chi connectivity index (χ3v) is 5.76. The van der Waals surface area contributed by atoms with Gasteiger partial charge in [-0.25, -0.2) is 0 Å². The van der Waals surface area contributed by atoms with Gasteiger partial charge in [0.05, 0.1) is 0 Å². The van der Waals surface area contributed by atoms with Crippen LogP contribution in [0.4, 0.5) is 5.69 Å². The van der Waals surface area contributed by atoms with Gasteiger partial charge in [-0.15, -0.1) is 0 Å². The highest BCUT2D eigenvalue weighted by Crippen LogP contribution is 2.54. The smallest absolute Gasteiger partial charge is 0.115 e. The molecule has 102 valence electrons. The lowest BCUT2D eigenvalue weighted by molar-refractivity contribution is 0.00752. The van der Waals surface area contributed by atoms with Crippen molar-refractivity contribution >= 4 is 5.69 Å². The van der Waals surface area contributed by atoms with E-state index in [1.807, 2.05) is 12.1 Å². The number of phenolic OH excluding ortho intramolecular Hbond substituents is 1. The number of hydrogen-bond acceptors (Lipinski definition) is 2. The Morgan fingerprint density at radius 2 is 1.63 bits per heavy atom. The summed E-state index contributed by atoms with van der Waals surface area (Å²) in [6.45, 7) is 2.08. The number of nitrogens with one attached hydrogen (secondary N) is 1. The minimum Gasteiger partial charge on any atom is -0.508 e. The Hall–Kier alpha value is -1.18. The second-order valence-electron chi connectivity index (χ2n) is 7.10. The van der Waals surface area contributed by atoms with Crippen molar-refractivity contribution in [3.63, 3.8) is 0 Å². The monoisotopic (exact) mass is 257 g/mol. The van der Waals surface area contributed by atoms with Crippen LogP contribution in [0.1, 0.15) is 37.7 Å². The first kappa shape index (κ1) is 11.6. The first-order valence-electron chi connectivity index (χ1n) is 7.75. The zero-order valence-electron chi connectivity index (χ0n) is 11.6. The van der Waals surface area contributed by atoms with E-state index in [2.05, 4.69) is 12.2 Å². The zero-order valence-corrected chi connectivity index (χ0v) is 11.6. The second kappa shape index (κ2) is 4.16. The van der Waals surface area contributed by atoms with Gasteiger partial charge in [-0.05, 0) is 86.5 Å². The number of anilines is 1. The fraction of sp³-hybridized carbons (Fsp3) is 0.647. The van der Waals surface area contributed by atoms with Crippen molar-refractivity contribution in [3.05, 3.63) is 23.8 Å². The Balaban J connectivity index is 1.56. The predicted molar refractivity (Wildman–Crippen MR) is 77.3 cm³/mol. The number of hydrogen-bond donors (Lipinski definition) is 2. The van der Waals surface area contributed by atoms with Crippen molar-refractivity contribution in [2.45, 2.75) is 45.1 Å². The van der Waals surface area contributed by atoms with Crippen molar-refractivity contribution in [1.82, 2.24) is 0 Å². The quantitative estimate of drug-likeness (QED) is 0.787. The molecule has 1 aromatic rings. The van der Waals surface area contributed by atoms with Gasteiger partial charge >= 0.3 is 0 Å². The summed E-state index contributed by atoms with van der Waals surface area (Å²) in [5, 5.41) is 13.3. The van der Waals surface area contributed by atoms with Gasteiger partial charge in [0.2, 0.25) is 0 Å². The Morgan fingerprint density at radius 1 is 1.00 bits per heavy atom. The molecule has 2 nitrogen and oxygen atoms in total. The third kappa shape index (κ3) is 1.92. The molecule has 2 N–H and O–H groups in total. The summed E-state index contributed by atoms with van der Waals surface area (Å²) in [6.07, 6.45) is 7.30. The molecule has 0 aromatic heterocycles. The van der Waals surface area contributed by atoms with Gasteiger partial charge in [0.25, 0.3) is 0 Å². The van der Waals surface area contributed by atoms with Crippen LogP contribution in [0.2, 0.25) is 0 Å². The fourth-order valence-electron chi connectivity index (χ4n) is 5.15. The highest BCUT2D eigenvalue weighted by Gasteiger charge is 2.48. The summed E-state index contributed by atoms with van der Waals surface area (Å²) in [5.41, 5.74) is 2.38. The van der Waals surface area contributed by atoms with Gasteiger partial charge in [-0.3, -0.25) is 0 Å². The van der Waals surface area contributed by atoms with Crippen LogP contribution in [0, 0.1) is 30.6 Å². The lowest BCUT2D eigenvalue weighted by Gasteiger charge is -2.54. The number of phenols is 1. The molecule has 4 fully saturated rings. The first-order chi connectivity index (χ1) is 9.19. The summed E-state index contributed by atoms with van der Waals surface area (Å²) in [6, 6.07) is 6.37. The molecule has 0 amide bonds. The molecular weight excluding hydrogens is 234 g/mol. The summed E-state index contributed by atoms with van der Waals surface area (Å²) in [5.74, 6) is 4.21. The van der Waals surface area contributed by atoms with E-state index in [0.29, 0.717) is 11.8 Å². The number of aryl methyl sites for hydroxylation is 1. The van der Waals surface area contributed by atoms with E-state index in [-0.39, 0.29) is 0 Å². The van der Waals surface area contributed by atoms with Crippen molar-refractivity contribution < 1.29 is 5.11 Å². The standard InChI is InChI=1S/C17H23NO/c1-10-4-15(19)2-3-16(10)18-17-13-6-11-5-12(8-13)9-14(17)7-11/h2-4,11-14,17-19H,5-9H2,1H3. The highest BCUT2D eigenvalue weighted by molar-refractivity contribution is 5.54. The molecule has 0 unspecified atom stereocenters. The predicted octanol–water partition coefficient (Wildman–Crippen LogP) is 3.94.